The minimum atomic E-state index is -0.0937. The van der Waals surface area contributed by atoms with E-state index in [0.717, 1.165) is 31.8 Å². The molecule has 4 aromatic rings. The van der Waals surface area contributed by atoms with E-state index in [1.165, 1.54) is 0 Å². The molecule has 0 aliphatic carbocycles. The van der Waals surface area contributed by atoms with Crippen molar-refractivity contribution in [2.75, 3.05) is 5.32 Å². The average Bonchev–Trinajstić information content (AvgIpc) is 3.32. The minimum Gasteiger partial charge on any atom is -0.321 e. The molecule has 7 heteroatoms. The number of hydrogen-bond acceptors (Lipinski definition) is 4. The maximum absolute atomic E-state index is 12.5. The van der Waals surface area contributed by atoms with E-state index in [1.54, 1.807) is 23.1 Å². The Morgan fingerprint density at radius 3 is 2.81 bits per heavy atom. The van der Waals surface area contributed by atoms with Gasteiger partial charge in [-0.2, -0.15) is 0 Å². The van der Waals surface area contributed by atoms with Gasteiger partial charge in [-0.1, -0.05) is 41.6 Å². The Morgan fingerprint density at radius 2 is 1.96 bits per heavy atom. The molecule has 2 aromatic heterocycles. The fourth-order valence-corrected chi connectivity index (χ4v) is 4.82. The summed E-state index contributed by atoms with van der Waals surface area (Å²) in [6, 6.07) is 15.4. The normalized spacial score (nSPS) is 14.7. The van der Waals surface area contributed by atoms with Gasteiger partial charge in [0.15, 0.2) is 4.96 Å². The molecular weight excluding hydrogens is 398 g/mol. The monoisotopic (exact) mass is 409 g/mol. The predicted octanol–water partition coefficient (Wildman–Crippen LogP) is 5.69. The number of amides is 1. The fraction of sp³-hybridized carbons (Fsp3) is 0. The number of benzene rings is 2. The molecule has 0 bridgehead atoms. The number of hydrogen-bond donors (Lipinski definition) is 1. The summed E-state index contributed by atoms with van der Waals surface area (Å²) in [6.45, 7) is 0. The summed E-state index contributed by atoms with van der Waals surface area (Å²) < 4.78 is 2.02. The molecule has 27 heavy (non-hydrogen) atoms. The van der Waals surface area contributed by atoms with Crippen LogP contribution in [0.4, 0.5) is 5.69 Å². The van der Waals surface area contributed by atoms with Gasteiger partial charge in [0.05, 0.1) is 11.3 Å². The van der Waals surface area contributed by atoms with Gasteiger partial charge in [0.2, 0.25) is 0 Å². The van der Waals surface area contributed by atoms with Crippen molar-refractivity contribution in [3.63, 3.8) is 0 Å². The summed E-state index contributed by atoms with van der Waals surface area (Å²) in [4.78, 5) is 19.2. The van der Waals surface area contributed by atoms with Crippen molar-refractivity contribution < 1.29 is 4.79 Å². The van der Waals surface area contributed by atoms with Crippen LogP contribution in [0.1, 0.15) is 11.3 Å². The van der Waals surface area contributed by atoms with Crippen LogP contribution in [0.5, 0.6) is 0 Å². The van der Waals surface area contributed by atoms with Gasteiger partial charge in [-0.15, -0.1) is 11.3 Å². The highest BCUT2D eigenvalue weighted by Crippen LogP contribution is 2.37. The van der Waals surface area contributed by atoms with Gasteiger partial charge >= 0.3 is 0 Å². The smallest absolute Gasteiger partial charge is 0.256 e. The number of rotatable bonds is 3. The van der Waals surface area contributed by atoms with Gasteiger partial charge in [-0.3, -0.25) is 9.20 Å². The van der Waals surface area contributed by atoms with E-state index in [2.05, 4.69) is 5.32 Å². The van der Waals surface area contributed by atoms with Crippen LogP contribution in [0.25, 0.3) is 16.6 Å². The number of carbonyl (C=O) groups excluding carboxylic acids is 1. The molecule has 0 atom stereocenters. The highest BCUT2D eigenvalue weighted by atomic mass is 35.5. The number of fused-ring (bicyclic) bond motifs is 2. The van der Waals surface area contributed by atoms with Crippen LogP contribution in [-0.4, -0.2) is 15.3 Å². The van der Waals surface area contributed by atoms with Crippen LogP contribution in [0.2, 0.25) is 5.02 Å². The van der Waals surface area contributed by atoms with Crippen molar-refractivity contribution >= 4 is 62.9 Å². The van der Waals surface area contributed by atoms with Crippen LogP contribution >= 0.6 is 34.7 Å². The molecule has 1 N–H and O–H groups in total. The molecule has 3 heterocycles. The minimum absolute atomic E-state index is 0.0937. The van der Waals surface area contributed by atoms with Gasteiger partial charge in [-0.05, 0) is 36.4 Å². The molecule has 0 saturated heterocycles. The van der Waals surface area contributed by atoms with Gasteiger partial charge < -0.3 is 5.32 Å². The molecule has 5 rings (SSSR count). The van der Waals surface area contributed by atoms with Crippen LogP contribution < -0.4 is 5.32 Å². The quantitative estimate of drug-likeness (QED) is 0.442. The zero-order chi connectivity index (χ0) is 18.4. The summed E-state index contributed by atoms with van der Waals surface area (Å²) in [5.41, 5.74) is 3.30. The van der Waals surface area contributed by atoms with Crippen molar-refractivity contribution in [2.45, 2.75) is 9.92 Å². The van der Waals surface area contributed by atoms with Crippen molar-refractivity contribution in [1.29, 1.82) is 0 Å². The first-order valence-electron chi connectivity index (χ1n) is 8.20. The van der Waals surface area contributed by atoms with Gasteiger partial charge in [0, 0.05) is 32.7 Å². The second-order valence-electron chi connectivity index (χ2n) is 5.97. The number of nitrogens with one attached hydrogen (secondary N) is 1. The van der Waals surface area contributed by atoms with Gasteiger partial charge in [0.25, 0.3) is 5.91 Å². The van der Waals surface area contributed by atoms with Crippen molar-refractivity contribution in [1.82, 2.24) is 9.38 Å². The van der Waals surface area contributed by atoms with E-state index < -0.39 is 0 Å². The lowest BCUT2D eigenvalue weighted by molar-refractivity contribution is -0.110. The SMILES string of the molecule is O=C1Nc2ccccc2/C1=C/c1c(Sc2ccc(Cl)cc2)nc2sccn12. The number of halogens is 1. The molecule has 1 amide bonds. The Morgan fingerprint density at radius 1 is 1.15 bits per heavy atom. The summed E-state index contributed by atoms with van der Waals surface area (Å²) >= 11 is 9.11. The fourth-order valence-electron chi connectivity index (χ4n) is 3.02. The number of nitrogens with zero attached hydrogens (tertiary/aromatic N) is 2. The Bertz CT molecular complexity index is 1210. The Hall–Kier alpha value is -2.54. The predicted molar refractivity (Wildman–Crippen MR) is 112 cm³/mol. The average molecular weight is 410 g/mol. The maximum Gasteiger partial charge on any atom is 0.256 e. The van der Waals surface area contributed by atoms with E-state index in [-0.39, 0.29) is 5.91 Å². The summed E-state index contributed by atoms with van der Waals surface area (Å²) in [7, 11) is 0. The Balaban J connectivity index is 1.63. The zero-order valence-corrected chi connectivity index (χ0v) is 16.2. The first-order chi connectivity index (χ1) is 13.2. The first kappa shape index (κ1) is 16.6. The van der Waals surface area contributed by atoms with E-state index in [4.69, 9.17) is 16.6 Å². The molecule has 0 unspecified atom stereocenters. The van der Waals surface area contributed by atoms with Gasteiger partial charge in [0.1, 0.15) is 5.03 Å². The van der Waals surface area contributed by atoms with Crippen molar-refractivity contribution in [3.8, 4) is 0 Å². The van der Waals surface area contributed by atoms with Crippen molar-refractivity contribution in [2.24, 2.45) is 0 Å². The third kappa shape index (κ3) is 2.96. The number of carbonyl (C=O) groups is 1. The zero-order valence-electron chi connectivity index (χ0n) is 13.8. The lowest BCUT2D eigenvalue weighted by atomic mass is 10.1. The van der Waals surface area contributed by atoms with E-state index in [1.807, 2.05) is 70.6 Å². The van der Waals surface area contributed by atoms with Crippen LogP contribution in [-0.2, 0) is 4.79 Å². The summed E-state index contributed by atoms with van der Waals surface area (Å²) in [5, 5.41) is 6.47. The summed E-state index contributed by atoms with van der Waals surface area (Å²) in [5.74, 6) is -0.0937. The third-order valence-corrected chi connectivity index (χ3v) is 6.29. The standard InChI is InChI=1S/C20H12ClN3OS2/c21-12-5-7-13(8-6-12)27-19-17(24-9-10-26-20(24)23-19)11-15-14-3-1-2-4-16(14)22-18(15)25/h1-11H,(H,22,25)/b15-11-. The highest BCUT2D eigenvalue weighted by Gasteiger charge is 2.25. The van der Waals surface area contributed by atoms with Crippen LogP contribution in [0.15, 0.2) is 70.0 Å². The second-order valence-corrected chi connectivity index (χ2v) is 8.34. The van der Waals surface area contributed by atoms with Crippen molar-refractivity contribution in [3.05, 3.63) is 76.4 Å². The second kappa shape index (κ2) is 6.56. The maximum atomic E-state index is 12.5. The lowest BCUT2D eigenvalue weighted by Gasteiger charge is -2.02. The topological polar surface area (TPSA) is 46.4 Å². The largest absolute Gasteiger partial charge is 0.321 e. The van der Waals surface area contributed by atoms with E-state index in [0.29, 0.717) is 10.6 Å². The molecule has 0 saturated carbocycles. The number of para-hydroxylation sites is 1. The molecule has 1 aliphatic heterocycles. The molecule has 132 valence electrons. The Kier molecular flexibility index (Phi) is 4.04. The third-order valence-electron chi connectivity index (χ3n) is 4.28. The molecule has 4 nitrogen and oxygen atoms in total. The Labute approximate surface area is 168 Å². The summed E-state index contributed by atoms with van der Waals surface area (Å²) in [6.07, 6.45) is 3.90. The number of imidazole rings is 1. The molecule has 0 fully saturated rings. The number of thiazole rings is 1. The van der Waals surface area contributed by atoms with Gasteiger partial charge in [-0.25, -0.2) is 4.98 Å². The number of aromatic nitrogens is 2. The van der Waals surface area contributed by atoms with Crippen LogP contribution in [0, 0.1) is 0 Å². The molecule has 2 aromatic carbocycles. The lowest BCUT2D eigenvalue weighted by Crippen LogP contribution is -2.03. The molecule has 0 radical (unpaired) electrons. The highest BCUT2D eigenvalue weighted by molar-refractivity contribution is 7.99. The molecular formula is C20H12ClN3OS2. The van der Waals surface area contributed by atoms with Crippen LogP contribution in [0.3, 0.4) is 0 Å². The van der Waals surface area contributed by atoms with E-state index in [9.17, 15) is 4.79 Å². The molecule has 0 spiro atoms. The number of anilines is 1. The van der Waals surface area contributed by atoms with E-state index >= 15 is 0 Å². The molecule has 1 aliphatic rings. The first-order valence-corrected chi connectivity index (χ1v) is 10.3.